The highest BCUT2D eigenvalue weighted by Crippen LogP contribution is 2.26. The molecule has 0 aliphatic carbocycles. The highest BCUT2D eigenvalue weighted by molar-refractivity contribution is 7.88. The fourth-order valence-electron chi connectivity index (χ4n) is 2.84. The van der Waals surface area contributed by atoms with Gasteiger partial charge < -0.3 is 4.90 Å². The summed E-state index contributed by atoms with van der Waals surface area (Å²) in [4.78, 5) is 2.11. The van der Waals surface area contributed by atoms with Gasteiger partial charge in [0.15, 0.2) is 5.82 Å². The van der Waals surface area contributed by atoms with E-state index in [0.29, 0.717) is 5.02 Å². The van der Waals surface area contributed by atoms with Gasteiger partial charge in [0, 0.05) is 24.7 Å². The molecule has 0 atom stereocenters. The van der Waals surface area contributed by atoms with Crippen molar-refractivity contribution in [3.8, 4) is 11.3 Å². The quantitative estimate of drug-likeness (QED) is 0.898. The number of benzene rings is 1. The first kappa shape index (κ1) is 17.1. The maximum Gasteiger partial charge on any atom is 0.208 e. The molecule has 0 spiro atoms. The number of aromatic nitrogens is 2. The van der Waals surface area contributed by atoms with Crippen LogP contribution in [0.25, 0.3) is 11.3 Å². The summed E-state index contributed by atoms with van der Waals surface area (Å²) in [5.74, 6) is 0.795. The van der Waals surface area contributed by atoms with Crippen LogP contribution in [-0.4, -0.2) is 44.0 Å². The van der Waals surface area contributed by atoms with Crippen molar-refractivity contribution in [2.75, 3.05) is 24.2 Å². The van der Waals surface area contributed by atoms with Crippen LogP contribution in [0.1, 0.15) is 12.8 Å². The van der Waals surface area contributed by atoms with E-state index in [9.17, 15) is 8.42 Å². The third kappa shape index (κ3) is 4.23. The fourth-order valence-corrected chi connectivity index (χ4v) is 3.91. The van der Waals surface area contributed by atoms with Gasteiger partial charge in [-0.3, -0.25) is 0 Å². The summed E-state index contributed by atoms with van der Waals surface area (Å²) >= 11 is 6.18. The number of nitrogens with one attached hydrogen (secondary N) is 1. The van der Waals surface area contributed by atoms with Gasteiger partial charge in [-0.05, 0) is 31.0 Å². The summed E-state index contributed by atoms with van der Waals surface area (Å²) in [7, 11) is -3.16. The molecule has 128 valence electrons. The molecular formula is C16H19ClN4O2S. The Labute approximate surface area is 146 Å². The van der Waals surface area contributed by atoms with E-state index in [0.717, 1.165) is 43.0 Å². The minimum absolute atomic E-state index is 0.00777. The monoisotopic (exact) mass is 366 g/mol. The van der Waals surface area contributed by atoms with Crippen LogP contribution in [0.2, 0.25) is 5.02 Å². The minimum atomic E-state index is -3.16. The van der Waals surface area contributed by atoms with Crippen LogP contribution in [0.4, 0.5) is 5.82 Å². The summed E-state index contributed by atoms with van der Waals surface area (Å²) < 4.78 is 25.2. The smallest absolute Gasteiger partial charge is 0.208 e. The van der Waals surface area contributed by atoms with E-state index in [1.807, 2.05) is 36.4 Å². The van der Waals surface area contributed by atoms with Crippen molar-refractivity contribution in [3.05, 3.63) is 41.4 Å². The van der Waals surface area contributed by atoms with Crippen molar-refractivity contribution >= 4 is 27.4 Å². The third-order valence-corrected chi connectivity index (χ3v) is 5.09. The normalized spacial score (nSPS) is 16.3. The highest BCUT2D eigenvalue weighted by atomic mass is 35.5. The molecule has 0 radical (unpaired) electrons. The standard InChI is InChI=1S/C16H19ClN4O2S/c1-24(22,23)20-12-8-10-21(11-9-12)16-7-6-15(18-19-16)13-4-2-3-5-14(13)17/h2-7,12,20H,8-11H2,1H3. The molecule has 24 heavy (non-hydrogen) atoms. The summed E-state index contributed by atoms with van der Waals surface area (Å²) in [5, 5.41) is 9.22. The number of anilines is 1. The zero-order chi connectivity index (χ0) is 17.2. The molecule has 0 saturated carbocycles. The van der Waals surface area contributed by atoms with Gasteiger partial charge in [0.1, 0.15) is 0 Å². The average molecular weight is 367 g/mol. The zero-order valence-electron chi connectivity index (χ0n) is 13.3. The number of halogens is 1. The predicted molar refractivity (Wildman–Crippen MR) is 95.7 cm³/mol. The number of hydrogen-bond donors (Lipinski definition) is 1. The molecule has 1 aromatic carbocycles. The zero-order valence-corrected chi connectivity index (χ0v) is 14.9. The molecule has 8 heteroatoms. The molecule has 2 aromatic rings. The number of piperidine rings is 1. The van der Waals surface area contributed by atoms with Gasteiger partial charge in [0.2, 0.25) is 10.0 Å². The second kappa shape index (κ2) is 7.04. The second-order valence-electron chi connectivity index (χ2n) is 5.91. The van der Waals surface area contributed by atoms with Gasteiger partial charge in [-0.2, -0.15) is 0 Å². The van der Waals surface area contributed by atoms with Crippen molar-refractivity contribution < 1.29 is 8.42 Å². The van der Waals surface area contributed by atoms with Crippen LogP contribution in [0, 0.1) is 0 Å². The van der Waals surface area contributed by atoms with Crippen molar-refractivity contribution in [3.63, 3.8) is 0 Å². The van der Waals surface area contributed by atoms with Crippen LogP contribution in [0.15, 0.2) is 36.4 Å². The molecule has 1 saturated heterocycles. The van der Waals surface area contributed by atoms with Gasteiger partial charge in [0.05, 0.1) is 17.0 Å². The average Bonchev–Trinajstić information content (AvgIpc) is 2.55. The lowest BCUT2D eigenvalue weighted by Crippen LogP contribution is -2.44. The SMILES string of the molecule is CS(=O)(=O)NC1CCN(c2ccc(-c3ccccc3Cl)nn2)CC1. The molecule has 0 amide bonds. The Morgan fingerprint density at radius 1 is 1.12 bits per heavy atom. The van der Waals surface area contributed by atoms with Crippen LogP contribution < -0.4 is 9.62 Å². The molecule has 1 aliphatic rings. The summed E-state index contributed by atoms with van der Waals surface area (Å²) in [6, 6.07) is 11.4. The van der Waals surface area contributed by atoms with E-state index < -0.39 is 10.0 Å². The van der Waals surface area contributed by atoms with Gasteiger partial charge in [0.25, 0.3) is 0 Å². The molecule has 1 aliphatic heterocycles. The molecule has 1 fully saturated rings. The number of nitrogens with zero attached hydrogens (tertiary/aromatic N) is 3. The minimum Gasteiger partial charge on any atom is -0.355 e. The van der Waals surface area contributed by atoms with E-state index in [1.165, 1.54) is 6.26 Å². The van der Waals surface area contributed by atoms with Crippen molar-refractivity contribution in [1.82, 2.24) is 14.9 Å². The summed E-state index contributed by atoms with van der Waals surface area (Å²) in [5.41, 5.74) is 1.59. The van der Waals surface area contributed by atoms with Crippen LogP contribution in [0.5, 0.6) is 0 Å². The second-order valence-corrected chi connectivity index (χ2v) is 8.10. The first-order chi connectivity index (χ1) is 11.4. The van der Waals surface area contributed by atoms with Gasteiger partial charge in [-0.1, -0.05) is 29.8 Å². The van der Waals surface area contributed by atoms with Crippen molar-refractivity contribution in [2.24, 2.45) is 0 Å². The molecule has 0 unspecified atom stereocenters. The molecule has 1 N–H and O–H groups in total. The highest BCUT2D eigenvalue weighted by Gasteiger charge is 2.22. The first-order valence-electron chi connectivity index (χ1n) is 7.73. The van der Waals surface area contributed by atoms with Crippen molar-refractivity contribution in [1.29, 1.82) is 0 Å². The Balaban J connectivity index is 1.66. The topological polar surface area (TPSA) is 75.2 Å². The van der Waals surface area contributed by atoms with Gasteiger partial charge in [-0.25, -0.2) is 13.1 Å². The van der Waals surface area contributed by atoms with Crippen LogP contribution in [0.3, 0.4) is 0 Å². The van der Waals surface area contributed by atoms with Gasteiger partial charge in [-0.15, -0.1) is 10.2 Å². The van der Waals surface area contributed by atoms with E-state index in [-0.39, 0.29) is 6.04 Å². The Hall–Kier alpha value is -1.70. The van der Waals surface area contributed by atoms with Crippen molar-refractivity contribution in [2.45, 2.75) is 18.9 Å². The Kier molecular flexibility index (Phi) is 5.03. The van der Waals surface area contributed by atoms with Crippen LogP contribution >= 0.6 is 11.6 Å². The van der Waals surface area contributed by atoms with Gasteiger partial charge >= 0.3 is 0 Å². The lowest BCUT2D eigenvalue weighted by Gasteiger charge is -2.32. The molecule has 3 rings (SSSR count). The number of rotatable bonds is 4. The maximum atomic E-state index is 11.3. The summed E-state index contributed by atoms with van der Waals surface area (Å²) in [6.07, 6.45) is 2.69. The third-order valence-electron chi connectivity index (χ3n) is 4.00. The lowest BCUT2D eigenvalue weighted by atomic mass is 10.1. The Bertz CT molecular complexity index is 803. The first-order valence-corrected chi connectivity index (χ1v) is 10.0. The molecule has 0 bridgehead atoms. The van der Waals surface area contributed by atoms with E-state index in [4.69, 9.17) is 11.6 Å². The van der Waals surface area contributed by atoms with E-state index >= 15 is 0 Å². The Morgan fingerprint density at radius 3 is 2.42 bits per heavy atom. The lowest BCUT2D eigenvalue weighted by molar-refractivity contribution is 0.459. The summed E-state index contributed by atoms with van der Waals surface area (Å²) in [6.45, 7) is 1.49. The largest absolute Gasteiger partial charge is 0.355 e. The van der Waals surface area contributed by atoms with E-state index in [1.54, 1.807) is 0 Å². The van der Waals surface area contributed by atoms with Crippen LogP contribution in [-0.2, 0) is 10.0 Å². The fraction of sp³-hybridized carbons (Fsp3) is 0.375. The molecule has 2 heterocycles. The number of sulfonamides is 1. The number of hydrogen-bond acceptors (Lipinski definition) is 5. The van der Waals surface area contributed by atoms with E-state index in [2.05, 4.69) is 19.8 Å². The molecule has 1 aromatic heterocycles. The maximum absolute atomic E-state index is 11.3. The Morgan fingerprint density at radius 2 is 1.83 bits per heavy atom. The molecule has 6 nitrogen and oxygen atoms in total. The molecular weight excluding hydrogens is 348 g/mol. The predicted octanol–water partition coefficient (Wildman–Crippen LogP) is 2.32.